The molecule has 0 unspecified atom stereocenters. The van der Waals surface area contributed by atoms with Gasteiger partial charge in [0, 0.05) is 5.56 Å². The number of halogens is 1. The molecule has 2 heterocycles. The second-order valence-corrected chi connectivity index (χ2v) is 5.83. The standard InChI is InChI=1S/C16H12ClN3O2S/c1-22-16-12(18-15(21)11-8-5-9-23-11)13(17)19-14(20-16)10-6-3-2-4-7-10/h2-9H,1H3,(H,18,21). The number of hydrogen-bond acceptors (Lipinski definition) is 5. The molecule has 0 aliphatic rings. The van der Waals surface area contributed by atoms with Crippen molar-refractivity contribution in [2.75, 3.05) is 12.4 Å². The second kappa shape index (κ2) is 6.76. The zero-order valence-electron chi connectivity index (χ0n) is 12.1. The largest absolute Gasteiger partial charge is 0.479 e. The third-order valence-corrected chi connectivity index (χ3v) is 4.18. The van der Waals surface area contributed by atoms with Crippen molar-refractivity contribution in [2.24, 2.45) is 0 Å². The van der Waals surface area contributed by atoms with E-state index >= 15 is 0 Å². The fourth-order valence-corrected chi connectivity index (χ4v) is 2.79. The number of rotatable bonds is 4. The van der Waals surface area contributed by atoms with E-state index in [0.29, 0.717) is 10.7 Å². The fourth-order valence-electron chi connectivity index (χ4n) is 1.97. The number of methoxy groups -OCH3 is 1. The van der Waals surface area contributed by atoms with Crippen LogP contribution >= 0.6 is 22.9 Å². The molecule has 0 saturated heterocycles. The summed E-state index contributed by atoms with van der Waals surface area (Å²) in [5.74, 6) is 0.367. The molecule has 0 saturated carbocycles. The van der Waals surface area contributed by atoms with Crippen LogP contribution in [0.4, 0.5) is 5.69 Å². The molecule has 3 rings (SSSR count). The van der Waals surface area contributed by atoms with E-state index in [0.717, 1.165) is 5.56 Å². The van der Waals surface area contributed by atoms with E-state index in [9.17, 15) is 4.79 Å². The zero-order valence-corrected chi connectivity index (χ0v) is 13.7. The van der Waals surface area contributed by atoms with Gasteiger partial charge in [-0.2, -0.15) is 4.98 Å². The van der Waals surface area contributed by atoms with Crippen molar-refractivity contribution in [3.63, 3.8) is 0 Å². The number of thiophene rings is 1. The van der Waals surface area contributed by atoms with Crippen molar-refractivity contribution in [1.82, 2.24) is 9.97 Å². The summed E-state index contributed by atoms with van der Waals surface area (Å²) in [6.45, 7) is 0. The van der Waals surface area contributed by atoms with E-state index in [1.165, 1.54) is 18.4 Å². The minimum absolute atomic E-state index is 0.126. The number of carbonyl (C=O) groups excluding carboxylic acids is 1. The van der Waals surface area contributed by atoms with Crippen molar-refractivity contribution >= 4 is 34.5 Å². The van der Waals surface area contributed by atoms with E-state index in [-0.39, 0.29) is 22.6 Å². The van der Waals surface area contributed by atoms with E-state index in [1.54, 1.807) is 12.1 Å². The Morgan fingerprint density at radius 1 is 1.17 bits per heavy atom. The summed E-state index contributed by atoms with van der Waals surface area (Å²) in [5.41, 5.74) is 1.07. The highest BCUT2D eigenvalue weighted by Crippen LogP contribution is 2.32. The van der Waals surface area contributed by atoms with Crippen LogP contribution in [0.25, 0.3) is 11.4 Å². The van der Waals surface area contributed by atoms with Crippen LogP contribution in [0.15, 0.2) is 47.8 Å². The molecule has 23 heavy (non-hydrogen) atoms. The molecular formula is C16H12ClN3O2S. The number of benzene rings is 1. The average molecular weight is 346 g/mol. The Morgan fingerprint density at radius 2 is 1.96 bits per heavy atom. The number of anilines is 1. The van der Waals surface area contributed by atoms with E-state index in [2.05, 4.69) is 15.3 Å². The van der Waals surface area contributed by atoms with Gasteiger partial charge in [0.2, 0.25) is 5.88 Å². The Kier molecular flexibility index (Phi) is 4.55. The van der Waals surface area contributed by atoms with Gasteiger partial charge >= 0.3 is 0 Å². The summed E-state index contributed by atoms with van der Waals surface area (Å²) in [6.07, 6.45) is 0. The van der Waals surface area contributed by atoms with Crippen molar-refractivity contribution in [3.8, 4) is 17.3 Å². The summed E-state index contributed by atoms with van der Waals surface area (Å²) < 4.78 is 5.26. The minimum Gasteiger partial charge on any atom is -0.479 e. The molecule has 1 N–H and O–H groups in total. The molecule has 5 nitrogen and oxygen atoms in total. The van der Waals surface area contributed by atoms with Crippen LogP contribution in [0.5, 0.6) is 5.88 Å². The monoisotopic (exact) mass is 345 g/mol. The molecule has 3 aromatic rings. The van der Waals surface area contributed by atoms with Crippen LogP contribution in [0.1, 0.15) is 9.67 Å². The molecule has 0 aliphatic carbocycles. The molecule has 7 heteroatoms. The van der Waals surface area contributed by atoms with Gasteiger partial charge in [-0.3, -0.25) is 4.79 Å². The van der Waals surface area contributed by atoms with Crippen LogP contribution in [-0.2, 0) is 0 Å². The Balaban J connectivity index is 1.96. The number of nitrogens with zero attached hydrogens (tertiary/aromatic N) is 2. The fraction of sp³-hybridized carbons (Fsp3) is 0.0625. The lowest BCUT2D eigenvalue weighted by Gasteiger charge is -2.11. The lowest BCUT2D eigenvalue weighted by atomic mass is 10.2. The van der Waals surface area contributed by atoms with Crippen molar-refractivity contribution in [1.29, 1.82) is 0 Å². The molecule has 116 valence electrons. The first kappa shape index (κ1) is 15.5. The number of amides is 1. The van der Waals surface area contributed by atoms with E-state index < -0.39 is 0 Å². The maximum Gasteiger partial charge on any atom is 0.265 e. The van der Waals surface area contributed by atoms with Gasteiger partial charge in [0.1, 0.15) is 5.69 Å². The van der Waals surface area contributed by atoms with Crippen LogP contribution in [-0.4, -0.2) is 23.0 Å². The highest BCUT2D eigenvalue weighted by molar-refractivity contribution is 7.12. The predicted octanol–water partition coefficient (Wildman–Crippen LogP) is 4.12. The summed E-state index contributed by atoms with van der Waals surface area (Å²) in [7, 11) is 1.47. The summed E-state index contributed by atoms with van der Waals surface area (Å²) >= 11 is 7.56. The molecule has 0 aliphatic heterocycles. The number of hydrogen-bond donors (Lipinski definition) is 1. The smallest absolute Gasteiger partial charge is 0.265 e. The van der Waals surface area contributed by atoms with Gasteiger partial charge in [-0.25, -0.2) is 4.98 Å². The molecule has 0 spiro atoms. The summed E-state index contributed by atoms with van der Waals surface area (Å²) in [5, 5.41) is 4.65. The maximum atomic E-state index is 12.2. The van der Waals surface area contributed by atoms with Crippen LogP contribution in [0.2, 0.25) is 5.15 Å². The summed E-state index contributed by atoms with van der Waals surface area (Å²) in [6, 6.07) is 12.9. The van der Waals surface area contributed by atoms with Crippen LogP contribution in [0, 0.1) is 0 Å². The Morgan fingerprint density at radius 3 is 2.61 bits per heavy atom. The first-order valence-electron chi connectivity index (χ1n) is 6.71. The van der Waals surface area contributed by atoms with Gasteiger partial charge in [0.25, 0.3) is 5.91 Å². The maximum absolute atomic E-state index is 12.2. The van der Waals surface area contributed by atoms with Gasteiger partial charge in [-0.05, 0) is 11.4 Å². The highest BCUT2D eigenvalue weighted by Gasteiger charge is 2.18. The molecule has 2 aromatic heterocycles. The SMILES string of the molecule is COc1nc(-c2ccccc2)nc(Cl)c1NC(=O)c1cccs1. The molecule has 1 amide bonds. The zero-order chi connectivity index (χ0) is 16.2. The first-order chi connectivity index (χ1) is 11.2. The van der Waals surface area contributed by atoms with Crippen LogP contribution in [0.3, 0.4) is 0 Å². The van der Waals surface area contributed by atoms with Crippen molar-refractivity contribution in [2.45, 2.75) is 0 Å². The summed E-state index contributed by atoms with van der Waals surface area (Å²) in [4.78, 5) is 21.3. The van der Waals surface area contributed by atoms with E-state index in [4.69, 9.17) is 16.3 Å². The topological polar surface area (TPSA) is 64.1 Å². The average Bonchev–Trinajstić information content (AvgIpc) is 3.12. The lowest BCUT2D eigenvalue weighted by Crippen LogP contribution is -2.13. The Bertz CT molecular complexity index is 823. The predicted molar refractivity (Wildman–Crippen MR) is 91.3 cm³/mol. The highest BCUT2D eigenvalue weighted by atomic mass is 35.5. The number of ether oxygens (including phenoxy) is 1. The molecule has 0 atom stereocenters. The van der Waals surface area contributed by atoms with Crippen molar-refractivity contribution in [3.05, 3.63) is 57.9 Å². The molecule has 0 radical (unpaired) electrons. The van der Waals surface area contributed by atoms with Gasteiger partial charge < -0.3 is 10.1 Å². The van der Waals surface area contributed by atoms with Crippen LogP contribution < -0.4 is 10.1 Å². The number of carbonyl (C=O) groups is 1. The number of aromatic nitrogens is 2. The molecule has 0 fully saturated rings. The second-order valence-electron chi connectivity index (χ2n) is 4.52. The van der Waals surface area contributed by atoms with Gasteiger partial charge in [-0.1, -0.05) is 48.0 Å². The van der Waals surface area contributed by atoms with Gasteiger partial charge in [-0.15, -0.1) is 11.3 Å². The third kappa shape index (κ3) is 3.33. The molecular weight excluding hydrogens is 334 g/mol. The van der Waals surface area contributed by atoms with Crippen molar-refractivity contribution < 1.29 is 9.53 Å². The lowest BCUT2D eigenvalue weighted by molar-refractivity contribution is 0.103. The molecule has 1 aromatic carbocycles. The quantitative estimate of drug-likeness (QED) is 0.722. The normalized spacial score (nSPS) is 10.3. The third-order valence-electron chi connectivity index (χ3n) is 3.04. The number of nitrogens with one attached hydrogen (secondary N) is 1. The first-order valence-corrected chi connectivity index (χ1v) is 7.96. The Labute approximate surface area is 141 Å². The van der Waals surface area contributed by atoms with E-state index in [1.807, 2.05) is 35.7 Å². The Hall–Kier alpha value is -2.44. The van der Waals surface area contributed by atoms with Gasteiger partial charge in [0.05, 0.1) is 12.0 Å². The minimum atomic E-state index is -0.281. The van der Waals surface area contributed by atoms with Gasteiger partial charge in [0.15, 0.2) is 11.0 Å². The molecule has 0 bridgehead atoms.